The van der Waals surface area contributed by atoms with Crippen LogP contribution in [-0.4, -0.2) is 33.2 Å². The molecule has 0 saturated carbocycles. The van der Waals surface area contributed by atoms with Gasteiger partial charge in [-0.25, -0.2) is 4.79 Å². The zero-order valence-electron chi connectivity index (χ0n) is 7.72. The van der Waals surface area contributed by atoms with E-state index in [0.717, 1.165) is 19.9 Å². The second kappa shape index (κ2) is 17.6. The van der Waals surface area contributed by atoms with Crippen LogP contribution < -0.4 is 0 Å². The Morgan fingerprint density at radius 1 is 1.00 bits per heavy atom. The first-order valence-corrected chi connectivity index (χ1v) is 2.76. The fourth-order valence-electron chi connectivity index (χ4n) is 0. The van der Waals surface area contributed by atoms with Gasteiger partial charge in [-0.15, -0.1) is 0 Å². The van der Waals surface area contributed by atoms with Crippen LogP contribution in [0.25, 0.3) is 0 Å². The SMILES string of the molecule is CC(=O)O.CC(=O)O.N#CC(=O)O.[Zn]. The van der Waals surface area contributed by atoms with Crippen molar-refractivity contribution in [3.8, 4) is 6.07 Å². The summed E-state index contributed by atoms with van der Waals surface area (Å²) in [5.74, 6) is -3.11. The molecular formula is C6H9NO6Zn. The fourth-order valence-corrected chi connectivity index (χ4v) is 0. The first kappa shape index (κ1) is 22.9. The number of nitrogens with zero attached hydrogens (tertiary/aromatic N) is 1. The van der Waals surface area contributed by atoms with Crippen molar-refractivity contribution in [3.63, 3.8) is 0 Å². The Hall–Kier alpha value is -1.48. The van der Waals surface area contributed by atoms with Gasteiger partial charge in [-0.2, -0.15) is 5.26 Å². The van der Waals surface area contributed by atoms with Crippen LogP contribution in [0.1, 0.15) is 13.8 Å². The van der Waals surface area contributed by atoms with Crippen molar-refractivity contribution < 1.29 is 49.2 Å². The summed E-state index contributed by atoms with van der Waals surface area (Å²) in [6, 6.07) is 0.944. The van der Waals surface area contributed by atoms with Gasteiger partial charge >= 0.3 is 5.97 Å². The quantitative estimate of drug-likeness (QED) is 0.309. The number of aliphatic carboxylic acids is 3. The van der Waals surface area contributed by atoms with Crippen LogP contribution >= 0.6 is 0 Å². The van der Waals surface area contributed by atoms with Crippen molar-refractivity contribution >= 4 is 17.9 Å². The molecule has 14 heavy (non-hydrogen) atoms. The van der Waals surface area contributed by atoms with E-state index in [1.807, 2.05) is 0 Å². The molecule has 7 nitrogen and oxygen atoms in total. The molecule has 0 spiro atoms. The van der Waals surface area contributed by atoms with E-state index in [1.54, 1.807) is 0 Å². The van der Waals surface area contributed by atoms with Gasteiger partial charge in [0.05, 0.1) is 0 Å². The van der Waals surface area contributed by atoms with Gasteiger partial charge in [-0.1, -0.05) is 0 Å². The van der Waals surface area contributed by atoms with Crippen LogP contribution in [0.4, 0.5) is 0 Å². The summed E-state index contributed by atoms with van der Waals surface area (Å²) < 4.78 is 0. The molecule has 0 aromatic heterocycles. The molecule has 0 bridgehead atoms. The number of hydrogen-bond acceptors (Lipinski definition) is 4. The molecule has 76 valence electrons. The average Bonchev–Trinajstić information content (AvgIpc) is 1.84. The number of carbonyl (C=O) groups is 3. The molecule has 0 aliphatic rings. The maximum Gasteiger partial charge on any atom is 0.408 e. The summed E-state index contributed by atoms with van der Waals surface area (Å²) in [5, 5.41) is 29.5. The Labute approximate surface area is 92.7 Å². The van der Waals surface area contributed by atoms with Crippen LogP contribution in [-0.2, 0) is 33.9 Å². The third-order valence-corrected chi connectivity index (χ3v) is 0.0956. The molecule has 0 heterocycles. The normalized spacial score (nSPS) is 5.50. The summed E-state index contributed by atoms with van der Waals surface area (Å²) in [4.78, 5) is 27.0. The van der Waals surface area contributed by atoms with Crippen molar-refractivity contribution in [2.75, 3.05) is 0 Å². The molecule has 3 N–H and O–H groups in total. The summed E-state index contributed by atoms with van der Waals surface area (Å²) in [6.07, 6.45) is 0. The standard InChI is InChI=1S/C2HNO2.2C2H4O2.Zn/c3-1-2(4)5;2*1-2(3)4;/h(H,4,5);2*1H3,(H,3,4);. The minimum atomic E-state index is -1.44. The maximum absolute atomic E-state index is 9.01. The molecule has 0 aromatic rings. The summed E-state index contributed by atoms with van der Waals surface area (Å²) in [7, 11) is 0. The van der Waals surface area contributed by atoms with Gasteiger partial charge in [0.2, 0.25) is 0 Å². The van der Waals surface area contributed by atoms with Crippen molar-refractivity contribution in [2.45, 2.75) is 13.8 Å². The van der Waals surface area contributed by atoms with Gasteiger partial charge < -0.3 is 15.3 Å². The van der Waals surface area contributed by atoms with E-state index in [4.69, 9.17) is 35.0 Å². The van der Waals surface area contributed by atoms with E-state index in [0.29, 0.717) is 0 Å². The summed E-state index contributed by atoms with van der Waals surface area (Å²) >= 11 is 0. The fraction of sp³-hybridized carbons (Fsp3) is 0.333. The Kier molecular flexibility index (Phi) is 28.7. The van der Waals surface area contributed by atoms with Crippen LogP contribution in [0.3, 0.4) is 0 Å². The van der Waals surface area contributed by atoms with Crippen LogP contribution in [0.2, 0.25) is 0 Å². The van der Waals surface area contributed by atoms with Crippen molar-refractivity contribution in [2.24, 2.45) is 0 Å². The molecule has 0 aliphatic carbocycles. The smallest absolute Gasteiger partial charge is 0.408 e. The second-order valence-electron chi connectivity index (χ2n) is 1.45. The molecule has 0 radical (unpaired) electrons. The topological polar surface area (TPSA) is 136 Å². The second-order valence-corrected chi connectivity index (χ2v) is 1.45. The monoisotopic (exact) mass is 255 g/mol. The Bertz CT molecular complexity index is 201. The Morgan fingerprint density at radius 2 is 1.07 bits per heavy atom. The molecule has 0 rings (SSSR count). The number of carboxylic acid groups (broad SMARTS) is 3. The van der Waals surface area contributed by atoms with Crippen LogP contribution in [0, 0.1) is 11.3 Å². The number of hydrogen-bond donors (Lipinski definition) is 3. The van der Waals surface area contributed by atoms with E-state index in [-0.39, 0.29) is 19.5 Å². The van der Waals surface area contributed by atoms with Crippen LogP contribution in [0.5, 0.6) is 0 Å². The van der Waals surface area contributed by atoms with Crippen molar-refractivity contribution in [1.82, 2.24) is 0 Å². The number of rotatable bonds is 0. The van der Waals surface area contributed by atoms with E-state index in [2.05, 4.69) is 0 Å². The molecular weight excluding hydrogens is 247 g/mol. The third-order valence-electron chi connectivity index (χ3n) is 0.0956. The predicted octanol–water partition coefficient (Wildman–Crippen LogP) is -0.226. The average molecular weight is 257 g/mol. The van der Waals surface area contributed by atoms with Gasteiger partial charge in [0.15, 0.2) is 6.07 Å². The van der Waals surface area contributed by atoms with Gasteiger partial charge in [-0.05, 0) is 0 Å². The molecule has 0 saturated heterocycles. The minimum Gasteiger partial charge on any atom is -0.481 e. The van der Waals surface area contributed by atoms with Gasteiger partial charge in [0.1, 0.15) is 0 Å². The molecule has 8 heteroatoms. The van der Waals surface area contributed by atoms with Gasteiger partial charge in [0, 0.05) is 33.3 Å². The number of nitriles is 1. The van der Waals surface area contributed by atoms with Crippen molar-refractivity contribution in [3.05, 3.63) is 0 Å². The zero-order valence-corrected chi connectivity index (χ0v) is 10.7. The Balaban J connectivity index is -0.0000000522. The van der Waals surface area contributed by atoms with E-state index < -0.39 is 17.9 Å². The first-order chi connectivity index (χ1) is 5.73. The van der Waals surface area contributed by atoms with Crippen LogP contribution in [0.15, 0.2) is 0 Å². The molecule has 0 unspecified atom stereocenters. The maximum atomic E-state index is 9.01. The summed E-state index contributed by atoms with van der Waals surface area (Å²) in [5.41, 5.74) is 0. The largest absolute Gasteiger partial charge is 0.481 e. The van der Waals surface area contributed by atoms with E-state index >= 15 is 0 Å². The summed E-state index contributed by atoms with van der Waals surface area (Å²) in [6.45, 7) is 2.17. The predicted molar refractivity (Wildman–Crippen MR) is 39.9 cm³/mol. The first-order valence-electron chi connectivity index (χ1n) is 2.76. The third kappa shape index (κ3) is 3480. The van der Waals surface area contributed by atoms with E-state index in [1.165, 1.54) is 0 Å². The molecule has 0 aromatic carbocycles. The molecule has 0 atom stereocenters. The Morgan fingerprint density at radius 3 is 1.07 bits per heavy atom. The molecule has 0 fully saturated rings. The molecule has 0 amide bonds. The number of carboxylic acids is 3. The van der Waals surface area contributed by atoms with Crippen molar-refractivity contribution in [1.29, 1.82) is 5.26 Å². The molecule has 0 aliphatic heterocycles. The zero-order chi connectivity index (χ0) is 11.4. The minimum absolute atomic E-state index is 0. The van der Waals surface area contributed by atoms with Gasteiger partial charge in [0.25, 0.3) is 11.9 Å². The van der Waals surface area contributed by atoms with Gasteiger partial charge in [-0.3, -0.25) is 9.59 Å². The van der Waals surface area contributed by atoms with E-state index in [9.17, 15) is 0 Å².